The molecule has 8 heteroatoms. The first kappa shape index (κ1) is 14.7. The minimum absolute atomic E-state index is 0.0288. The molecular weight excluding hydrogens is 294 g/mol. The number of alkyl halides is 2. The van der Waals surface area contributed by atoms with E-state index >= 15 is 0 Å². The summed E-state index contributed by atoms with van der Waals surface area (Å²) in [6.45, 7) is 0. The fourth-order valence-electron chi connectivity index (χ4n) is 1.49. The summed E-state index contributed by atoms with van der Waals surface area (Å²) < 4.78 is 34.5. The average molecular weight is 302 g/mol. The Kier molecular flexibility index (Phi) is 4.50. The maximum Gasteiger partial charge on any atom is 0.416 e. The van der Waals surface area contributed by atoms with Crippen LogP contribution in [0.25, 0.3) is 10.8 Å². The number of ether oxygens (including phenoxy) is 1. The largest absolute Gasteiger partial charge is 0.421 e. The fraction of sp³-hybridized carbons (Fsp3) is 0.0833. The second-order valence-corrected chi connectivity index (χ2v) is 4.46. The summed E-state index contributed by atoms with van der Waals surface area (Å²) in [6.07, 6.45) is 0. The van der Waals surface area contributed by atoms with Gasteiger partial charge in [0.15, 0.2) is 0 Å². The lowest BCUT2D eigenvalue weighted by molar-refractivity contribution is -0.433. The molecule has 0 amide bonds. The fourth-order valence-corrected chi connectivity index (χ4v) is 1.71. The first-order valence-corrected chi connectivity index (χ1v) is 6.02. The zero-order valence-corrected chi connectivity index (χ0v) is 10.6. The van der Waals surface area contributed by atoms with Gasteiger partial charge in [0.25, 0.3) is 0 Å². The van der Waals surface area contributed by atoms with Gasteiger partial charge < -0.3 is 4.74 Å². The Morgan fingerprint density at radius 3 is 2.55 bits per heavy atom. The Morgan fingerprint density at radius 2 is 1.85 bits per heavy atom. The van der Waals surface area contributed by atoms with Crippen molar-refractivity contribution in [3.05, 3.63) is 42.5 Å². The van der Waals surface area contributed by atoms with Crippen molar-refractivity contribution >= 4 is 28.8 Å². The van der Waals surface area contributed by atoms with Gasteiger partial charge in [0.2, 0.25) is 0 Å². The van der Waals surface area contributed by atoms with E-state index in [9.17, 15) is 13.6 Å². The number of hydrogen-bond donors (Lipinski definition) is 1. The van der Waals surface area contributed by atoms with Crippen LogP contribution in [0.3, 0.4) is 0 Å². The summed E-state index contributed by atoms with van der Waals surface area (Å²) in [6, 6.07) is 11.7. The molecule has 0 saturated carbocycles. The van der Waals surface area contributed by atoms with Gasteiger partial charge in [-0.25, -0.2) is 10.1 Å². The zero-order valence-electron chi connectivity index (χ0n) is 9.79. The molecule has 106 valence electrons. The summed E-state index contributed by atoms with van der Waals surface area (Å²) in [5.74, 6) is -1.87. The molecule has 5 nitrogen and oxygen atoms in total. The minimum Gasteiger partial charge on any atom is -0.421 e. The topological polar surface area (TPSA) is 65.0 Å². The van der Waals surface area contributed by atoms with Gasteiger partial charge in [-0.1, -0.05) is 35.4 Å². The third kappa shape index (κ3) is 3.42. The van der Waals surface area contributed by atoms with Crippen LogP contribution in [0.5, 0.6) is 5.75 Å². The minimum atomic E-state index is -4.02. The molecule has 0 atom stereocenters. The third-order valence-corrected chi connectivity index (χ3v) is 2.84. The molecule has 2 aromatic rings. The van der Waals surface area contributed by atoms with Crippen LogP contribution < -0.4 is 4.74 Å². The van der Waals surface area contributed by atoms with E-state index in [0.29, 0.717) is 0 Å². The van der Waals surface area contributed by atoms with Crippen molar-refractivity contribution in [2.75, 3.05) is 0 Å². The Hall–Kier alpha value is -1.74. The number of carbonyl (C=O) groups excluding carboxylic acids is 1. The molecule has 0 unspecified atom stereocenters. The highest BCUT2D eigenvalue weighted by Crippen LogP contribution is 2.32. The van der Waals surface area contributed by atoms with E-state index in [1.165, 1.54) is 12.1 Å². The molecule has 20 heavy (non-hydrogen) atoms. The van der Waals surface area contributed by atoms with Crippen LogP contribution in [0.4, 0.5) is 8.78 Å². The number of rotatable bonds is 5. The highest BCUT2D eigenvalue weighted by molar-refractivity contribution is 7.96. The summed E-state index contributed by atoms with van der Waals surface area (Å²) >= 11 is -0.670. The number of benzene rings is 2. The van der Waals surface area contributed by atoms with E-state index in [1.807, 2.05) is 12.1 Å². The van der Waals surface area contributed by atoms with Crippen molar-refractivity contribution in [2.45, 2.75) is 5.25 Å². The van der Waals surface area contributed by atoms with Crippen LogP contribution in [0.1, 0.15) is 0 Å². The Morgan fingerprint density at radius 1 is 1.15 bits per heavy atom. The van der Waals surface area contributed by atoms with Crippen molar-refractivity contribution in [3.63, 3.8) is 0 Å². The normalized spacial score (nSPS) is 11.6. The third-order valence-electron chi connectivity index (χ3n) is 2.34. The number of halogens is 2. The van der Waals surface area contributed by atoms with Crippen molar-refractivity contribution in [1.29, 1.82) is 0 Å². The van der Waals surface area contributed by atoms with Gasteiger partial charge >= 0.3 is 11.2 Å². The average Bonchev–Trinajstić information content (AvgIpc) is 2.45. The monoisotopic (exact) mass is 302 g/mol. The van der Waals surface area contributed by atoms with Crippen molar-refractivity contribution in [3.8, 4) is 5.75 Å². The number of esters is 1. The molecule has 0 bridgehead atoms. The highest BCUT2D eigenvalue weighted by atomic mass is 32.2. The van der Waals surface area contributed by atoms with E-state index in [2.05, 4.69) is 14.1 Å². The molecule has 2 aromatic carbocycles. The van der Waals surface area contributed by atoms with Crippen molar-refractivity contribution in [2.24, 2.45) is 0 Å². The first-order chi connectivity index (χ1) is 9.53. The lowest BCUT2D eigenvalue weighted by atomic mass is 10.1. The quantitative estimate of drug-likeness (QED) is 0.300. The molecule has 0 aliphatic heterocycles. The standard InChI is InChI=1S/C12H8F2O5S/c13-12(14,20-19-18-16)11(15)17-10-6-5-8-3-1-2-4-9(8)7-10/h1-7,16H. The first-order valence-electron chi connectivity index (χ1n) is 5.28. The predicted molar refractivity (Wildman–Crippen MR) is 66.9 cm³/mol. The van der Waals surface area contributed by atoms with Gasteiger partial charge in [-0.3, -0.25) is 0 Å². The molecule has 1 N–H and O–H groups in total. The molecule has 0 spiro atoms. The number of hydrogen-bond acceptors (Lipinski definition) is 6. The smallest absolute Gasteiger partial charge is 0.416 e. The Bertz CT molecular complexity index is 620. The van der Waals surface area contributed by atoms with Crippen LogP contribution in [0.15, 0.2) is 42.5 Å². The molecule has 0 fully saturated rings. The van der Waals surface area contributed by atoms with E-state index in [4.69, 9.17) is 5.26 Å². The summed E-state index contributed by atoms with van der Waals surface area (Å²) in [5, 5.41) is 8.40. The van der Waals surface area contributed by atoms with E-state index in [-0.39, 0.29) is 5.75 Å². The van der Waals surface area contributed by atoms with Crippen LogP contribution in [0, 0.1) is 0 Å². The zero-order chi connectivity index (χ0) is 14.6. The van der Waals surface area contributed by atoms with E-state index in [0.717, 1.165) is 10.8 Å². The van der Waals surface area contributed by atoms with Gasteiger partial charge in [0.05, 0.1) is 0 Å². The summed E-state index contributed by atoms with van der Waals surface area (Å²) in [5.41, 5.74) is 0. The maximum atomic E-state index is 13.2. The lowest BCUT2D eigenvalue weighted by Gasteiger charge is -2.12. The molecule has 0 saturated heterocycles. The number of carbonyl (C=O) groups is 1. The lowest BCUT2D eigenvalue weighted by Crippen LogP contribution is -2.29. The molecule has 0 radical (unpaired) electrons. The second kappa shape index (κ2) is 6.14. The summed E-state index contributed by atoms with van der Waals surface area (Å²) in [4.78, 5) is 11.3. The van der Waals surface area contributed by atoms with Gasteiger partial charge in [-0.05, 0) is 22.9 Å². The molecule has 0 aliphatic rings. The SMILES string of the molecule is O=C(Oc1ccc2ccccc2c1)C(F)(F)SOOO. The van der Waals surface area contributed by atoms with Crippen LogP contribution in [-0.2, 0) is 14.2 Å². The second-order valence-electron chi connectivity index (χ2n) is 3.64. The van der Waals surface area contributed by atoms with Crippen LogP contribution in [-0.4, -0.2) is 16.5 Å². The van der Waals surface area contributed by atoms with Crippen molar-refractivity contribution in [1.82, 2.24) is 0 Å². The van der Waals surface area contributed by atoms with E-state index < -0.39 is 23.3 Å². The summed E-state index contributed by atoms with van der Waals surface area (Å²) in [7, 11) is 0. The van der Waals surface area contributed by atoms with Crippen LogP contribution in [0.2, 0.25) is 0 Å². The predicted octanol–water partition coefficient (Wildman–Crippen LogP) is 3.41. The van der Waals surface area contributed by atoms with Crippen LogP contribution >= 0.6 is 12.0 Å². The van der Waals surface area contributed by atoms with Gasteiger partial charge in [0, 0.05) is 0 Å². The van der Waals surface area contributed by atoms with Crippen molar-refractivity contribution < 1.29 is 32.9 Å². The molecule has 0 aromatic heterocycles. The molecule has 0 aliphatic carbocycles. The van der Waals surface area contributed by atoms with Gasteiger partial charge in [0.1, 0.15) is 17.8 Å². The Labute approximate surface area is 116 Å². The highest BCUT2D eigenvalue weighted by Gasteiger charge is 2.44. The van der Waals surface area contributed by atoms with Gasteiger partial charge in [-0.2, -0.15) is 8.78 Å². The van der Waals surface area contributed by atoms with E-state index in [1.54, 1.807) is 18.2 Å². The Balaban J connectivity index is 2.13. The molecule has 0 heterocycles. The van der Waals surface area contributed by atoms with Gasteiger partial charge in [-0.15, -0.1) is 4.33 Å². The number of fused-ring (bicyclic) bond motifs is 1. The maximum absolute atomic E-state index is 13.2. The molecule has 2 rings (SSSR count). The molecular formula is C12H8F2O5S.